The van der Waals surface area contributed by atoms with Crippen LogP contribution in [-0.2, 0) is 20.7 Å². The van der Waals surface area contributed by atoms with Gasteiger partial charge in [0, 0.05) is 14.5 Å². The topological polar surface area (TPSA) is 84.9 Å². The third-order valence-corrected chi connectivity index (χ3v) is 5.17. The lowest BCUT2D eigenvalue weighted by molar-refractivity contribution is -0.143. The quantitative estimate of drug-likeness (QED) is 0.411. The van der Waals surface area contributed by atoms with E-state index in [4.69, 9.17) is 9.47 Å². The smallest absolute Gasteiger partial charge is 0.412 e. The molecule has 2 N–H and O–H groups in total. The number of phenolic OH excluding ortho intramolecular Hbond substituents is 1. The zero-order valence-electron chi connectivity index (χ0n) is 16.6. The van der Waals surface area contributed by atoms with E-state index in [-0.39, 0.29) is 23.8 Å². The summed E-state index contributed by atoms with van der Waals surface area (Å²) in [6.07, 6.45) is -0.132. The highest BCUT2D eigenvalue weighted by Gasteiger charge is 2.18. The first-order valence-electron chi connectivity index (χ1n) is 8.84. The van der Waals surface area contributed by atoms with E-state index in [9.17, 15) is 14.7 Å². The van der Waals surface area contributed by atoms with Crippen LogP contribution in [0.3, 0.4) is 0 Å². The van der Waals surface area contributed by atoms with E-state index in [1.54, 1.807) is 39.0 Å². The molecule has 0 aliphatic carbocycles. The van der Waals surface area contributed by atoms with Crippen LogP contribution in [0.2, 0.25) is 25.7 Å². The summed E-state index contributed by atoms with van der Waals surface area (Å²) in [5.74, 6) is -0.346. The first kappa shape index (κ1) is 22.0. The van der Waals surface area contributed by atoms with E-state index in [1.165, 1.54) is 0 Å². The molecular weight excluding hydrogens is 350 g/mol. The van der Waals surface area contributed by atoms with Crippen molar-refractivity contribution in [3.63, 3.8) is 0 Å². The van der Waals surface area contributed by atoms with Gasteiger partial charge in [0.2, 0.25) is 0 Å². The fourth-order valence-corrected chi connectivity index (χ4v) is 2.80. The summed E-state index contributed by atoms with van der Waals surface area (Å²) in [5.41, 5.74) is 0.196. The number of nitrogens with one attached hydrogen (secondary N) is 1. The first-order chi connectivity index (χ1) is 11.9. The predicted molar refractivity (Wildman–Crippen MR) is 105 cm³/mol. The Labute approximate surface area is 156 Å². The molecule has 7 heteroatoms. The summed E-state index contributed by atoms with van der Waals surface area (Å²) in [5, 5.41) is 12.8. The summed E-state index contributed by atoms with van der Waals surface area (Å²) in [7, 11) is -1.23. The molecule has 0 saturated heterocycles. The standard InChI is InChI=1S/C19H31NO5Si/c1-19(2,3)25-18(23)20-15-9-7-8-14(17(15)22)10-11-16(21)24-12-13-26(4,5)6/h7-9,22H,10-13H2,1-6H3,(H,20,23). The summed E-state index contributed by atoms with van der Waals surface area (Å²) >= 11 is 0. The second kappa shape index (κ2) is 9.07. The lowest BCUT2D eigenvalue weighted by Crippen LogP contribution is -2.27. The van der Waals surface area contributed by atoms with Crippen LogP contribution in [0.5, 0.6) is 5.75 Å². The fourth-order valence-electron chi connectivity index (χ4n) is 2.09. The number of anilines is 1. The van der Waals surface area contributed by atoms with Crippen molar-refractivity contribution < 1.29 is 24.2 Å². The number of hydrogen-bond donors (Lipinski definition) is 2. The summed E-state index contributed by atoms with van der Waals surface area (Å²) in [4.78, 5) is 23.7. The molecule has 1 rings (SSSR count). The maximum absolute atomic E-state index is 11.9. The van der Waals surface area contributed by atoms with Crippen LogP contribution in [0.4, 0.5) is 10.5 Å². The molecule has 0 saturated carbocycles. The van der Waals surface area contributed by atoms with Crippen molar-refractivity contribution in [2.45, 2.75) is 64.9 Å². The van der Waals surface area contributed by atoms with Crippen LogP contribution in [0.15, 0.2) is 18.2 Å². The van der Waals surface area contributed by atoms with Gasteiger partial charge in [-0.3, -0.25) is 10.1 Å². The molecule has 26 heavy (non-hydrogen) atoms. The third-order valence-electron chi connectivity index (χ3n) is 3.47. The van der Waals surface area contributed by atoms with Gasteiger partial charge in [0.05, 0.1) is 12.3 Å². The Morgan fingerprint density at radius 3 is 2.42 bits per heavy atom. The number of rotatable bonds is 7. The van der Waals surface area contributed by atoms with E-state index >= 15 is 0 Å². The molecule has 0 heterocycles. The number of ether oxygens (including phenoxy) is 2. The third kappa shape index (κ3) is 8.89. The number of carbonyl (C=O) groups is 2. The number of aryl methyl sites for hydroxylation is 1. The Hall–Kier alpha value is -2.02. The largest absolute Gasteiger partial charge is 0.505 e. The van der Waals surface area contributed by atoms with Crippen molar-refractivity contribution in [2.24, 2.45) is 0 Å². The molecule has 0 aliphatic rings. The minimum Gasteiger partial charge on any atom is -0.505 e. The minimum atomic E-state index is -1.23. The average Bonchev–Trinajstić information content (AvgIpc) is 2.45. The Kier molecular flexibility index (Phi) is 7.68. The van der Waals surface area contributed by atoms with Gasteiger partial charge >= 0.3 is 12.1 Å². The predicted octanol–water partition coefficient (Wildman–Crippen LogP) is 4.55. The van der Waals surface area contributed by atoms with Gasteiger partial charge in [-0.05, 0) is 44.9 Å². The molecule has 1 aromatic carbocycles. The van der Waals surface area contributed by atoms with E-state index in [0.717, 1.165) is 6.04 Å². The number of aromatic hydroxyl groups is 1. The fraction of sp³-hybridized carbons (Fsp3) is 0.579. The summed E-state index contributed by atoms with van der Waals surface area (Å²) < 4.78 is 10.4. The SMILES string of the molecule is CC(C)(C)OC(=O)Nc1cccc(CCC(=O)OCC[Si](C)(C)C)c1O. The Balaban J connectivity index is 2.58. The first-order valence-corrected chi connectivity index (χ1v) is 12.5. The van der Waals surface area contributed by atoms with E-state index < -0.39 is 19.8 Å². The number of phenols is 1. The minimum absolute atomic E-state index is 0.0618. The Morgan fingerprint density at radius 2 is 1.85 bits per heavy atom. The molecule has 0 bridgehead atoms. The van der Waals surface area contributed by atoms with E-state index in [1.807, 2.05) is 0 Å². The van der Waals surface area contributed by atoms with Gasteiger partial charge in [-0.15, -0.1) is 0 Å². The molecular formula is C19H31NO5Si. The van der Waals surface area contributed by atoms with Gasteiger partial charge in [0.1, 0.15) is 11.4 Å². The molecule has 1 aromatic rings. The van der Waals surface area contributed by atoms with Crippen molar-refractivity contribution in [3.8, 4) is 5.75 Å². The maximum atomic E-state index is 11.9. The van der Waals surface area contributed by atoms with Crippen molar-refractivity contribution in [1.29, 1.82) is 0 Å². The van der Waals surface area contributed by atoms with Crippen molar-refractivity contribution in [3.05, 3.63) is 23.8 Å². The molecule has 0 aliphatic heterocycles. The summed E-state index contributed by atoms with van der Waals surface area (Å²) in [6.45, 7) is 12.4. The van der Waals surface area contributed by atoms with Gasteiger partial charge in [-0.1, -0.05) is 31.8 Å². The number of para-hydroxylation sites is 1. The van der Waals surface area contributed by atoms with Crippen LogP contribution in [-0.4, -0.2) is 37.5 Å². The highest BCUT2D eigenvalue weighted by atomic mass is 28.3. The van der Waals surface area contributed by atoms with Crippen LogP contribution in [0.1, 0.15) is 32.8 Å². The normalized spacial score (nSPS) is 11.8. The molecule has 0 fully saturated rings. The number of esters is 1. The molecule has 0 atom stereocenters. The molecule has 6 nitrogen and oxygen atoms in total. The molecule has 0 radical (unpaired) electrons. The van der Waals surface area contributed by atoms with Gasteiger partial charge in [-0.2, -0.15) is 0 Å². The summed E-state index contributed by atoms with van der Waals surface area (Å²) in [6, 6.07) is 5.93. The lowest BCUT2D eigenvalue weighted by atomic mass is 10.1. The van der Waals surface area contributed by atoms with Gasteiger partial charge < -0.3 is 14.6 Å². The number of amides is 1. The Morgan fingerprint density at radius 1 is 1.19 bits per heavy atom. The second-order valence-corrected chi connectivity index (χ2v) is 14.1. The zero-order valence-corrected chi connectivity index (χ0v) is 17.6. The average molecular weight is 382 g/mol. The molecule has 0 unspecified atom stereocenters. The van der Waals surface area contributed by atoms with Gasteiger partial charge in [-0.25, -0.2) is 4.79 Å². The van der Waals surface area contributed by atoms with Gasteiger partial charge in [0.25, 0.3) is 0 Å². The van der Waals surface area contributed by atoms with E-state index in [0.29, 0.717) is 18.6 Å². The second-order valence-electron chi connectivity index (χ2n) is 8.47. The maximum Gasteiger partial charge on any atom is 0.412 e. The Bertz CT molecular complexity index is 632. The van der Waals surface area contributed by atoms with Crippen molar-refractivity contribution in [1.82, 2.24) is 0 Å². The highest BCUT2D eigenvalue weighted by Crippen LogP contribution is 2.29. The van der Waals surface area contributed by atoms with Crippen LogP contribution in [0, 0.1) is 0 Å². The monoisotopic (exact) mass is 381 g/mol. The van der Waals surface area contributed by atoms with Crippen LogP contribution >= 0.6 is 0 Å². The number of carbonyl (C=O) groups excluding carboxylic acids is 2. The zero-order chi connectivity index (χ0) is 20.0. The molecule has 1 amide bonds. The van der Waals surface area contributed by atoms with Crippen molar-refractivity contribution in [2.75, 3.05) is 11.9 Å². The number of benzene rings is 1. The van der Waals surface area contributed by atoms with Crippen LogP contribution in [0.25, 0.3) is 0 Å². The molecule has 0 spiro atoms. The van der Waals surface area contributed by atoms with Crippen molar-refractivity contribution >= 4 is 25.8 Å². The molecule has 146 valence electrons. The van der Waals surface area contributed by atoms with Gasteiger partial charge in [0.15, 0.2) is 0 Å². The molecule has 0 aromatic heterocycles. The number of hydrogen-bond acceptors (Lipinski definition) is 5. The van der Waals surface area contributed by atoms with E-state index in [2.05, 4.69) is 25.0 Å². The highest BCUT2D eigenvalue weighted by molar-refractivity contribution is 6.76. The lowest BCUT2D eigenvalue weighted by Gasteiger charge is -2.20. The van der Waals surface area contributed by atoms with Crippen LogP contribution < -0.4 is 5.32 Å².